The summed E-state index contributed by atoms with van der Waals surface area (Å²) in [7, 11) is -3.03. The third kappa shape index (κ3) is 7.79. The standard InChI is InChI=1S/C18H30N4O2S.HI/c1-3-4-10-19-18(21-15-17-8-6-16(2)7-9-17)20-11-13-22-12-5-14-25(22,23)24;/h6-9H,3-5,10-15H2,1-2H3,(H2,19,20,21);1H. The Kier molecular flexibility index (Phi) is 10.5. The number of nitrogens with zero attached hydrogens (tertiary/aromatic N) is 2. The molecule has 1 heterocycles. The molecule has 1 aliphatic heterocycles. The number of unbranched alkanes of at least 4 members (excludes halogenated alkanes) is 1. The van der Waals surface area contributed by atoms with Gasteiger partial charge in [-0.1, -0.05) is 43.2 Å². The van der Waals surface area contributed by atoms with Crippen LogP contribution in [0.1, 0.15) is 37.3 Å². The van der Waals surface area contributed by atoms with Crippen molar-refractivity contribution in [2.75, 3.05) is 31.9 Å². The van der Waals surface area contributed by atoms with E-state index in [4.69, 9.17) is 0 Å². The molecule has 0 atom stereocenters. The van der Waals surface area contributed by atoms with Gasteiger partial charge in [-0.15, -0.1) is 24.0 Å². The lowest BCUT2D eigenvalue weighted by atomic mass is 10.1. The molecule has 2 rings (SSSR count). The Balaban J connectivity index is 0.00000338. The normalized spacial score (nSPS) is 16.9. The first-order valence-corrected chi connectivity index (χ1v) is 10.7. The first-order valence-electron chi connectivity index (χ1n) is 9.07. The molecule has 6 nitrogen and oxygen atoms in total. The predicted molar refractivity (Wildman–Crippen MR) is 119 cm³/mol. The fourth-order valence-corrected chi connectivity index (χ4v) is 4.19. The molecular weight excluding hydrogens is 463 g/mol. The van der Waals surface area contributed by atoms with Gasteiger partial charge in [-0.05, 0) is 25.3 Å². The first-order chi connectivity index (χ1) is 12.0. The van der Waals surface area contributed by atoms with Gasteiger partial charge in [0.1, 0.15) is 0 Å². The smallest absolute Gasteiger partial charge is 0.214 e. The van der Waals surface area contributed by atoms with E-state index in [1.807, 2.05) is 0 Å². The van der Waals surface area contributed by atoms with E-state index < -0.39 is 10.0 Å². The van der Waals surface area contributed by atoms with Crippen LogP contribution < -0.4 is 10.6 Å². The van der Waals surface area contributed by atoms with Crippen molar-refractivity contribution in [3.05, 3.63) is 35.4 Å². The van der Waals surface area contributed by atoms with Crippen molar-refractivity contribution in [2.45, 2.75) is 39.7 Å². The number of aliphatic imine (C=N–C) groups is 1. The van der Waals surface area contributed by atoms with Gasteiger partial charge in [0.15, 0.2) is 5.96 Å². The zero-order valence-corrected chi connectivity index (χ0v) is 18.8. The molecule has 0 aromatic heterocycles. The highest BCUT2D eigenvalue weighted by atomic mass is 127. The van der Waals surface area contributed by atoms with Crippen molar-refractivity contribution >= 4 is 40.0 Å². The van der Waals surface area contributed by atoms with Gasteiger partial charge < -0.3 is 10.6 Å². The number of hydrogen-bond acceptors (Lipinski definition) is 3. The Morgan fingerprint density at radius 1 is 1.19 bits per heavy atom. The molecule has 0 amide bonds. The lowest BCUT2D eigenvalue weighted by Crippen LogP contribution is -2.42. The molecule has 8 heteroatoms. The molecule has 1 saturated heterocycles. The maximum atomic E-state index is 11.8. The lowest BCUT2D eigenvalue weighted by Gasteiger charge is -2.17. The quantitative estimate of drug-likeness (QED) is 0.252. The van der Waals surface area contributed by atoms with Crippen LogP contribution >= 0.6 is 24.0 Å². The molecule has 1 aromatic carbocycles. The number of benzene rings is 1. The summed E-state index contributed by atoms with van der Waals surface area (Å²) in [6.07, 6.45) is 2.92. The molecule has 0 spiro atoms. The Labute approximate surface area is 174 Å². The van der Waals surface area contributed by atoms with Gasteiger partial charge in [0.05, 0.1) is 12.3 Å². The van der Waals surface area contributed by atoms with Gasteiger partial charge in [0.2, 0.25) is 10.0 Å². The molecule has 1 aromatic rings. The Hall–Kier alpha value is -0.870. The van der Waals surface area contributed by atoms with Crippen LogP contribution in [-0.2, 0) is 16.6 Å². The topological polar surface area (TPSA) is 73.8 Å². The zero-order chi connectivity index (χ0) is 18.1. The monoisotopic (exact) mass is 494 g/mol. The summed E-state index contributed by atoms with van der Waals surface area (Å²) in [6, 6.07) is 8.33. The number of aryl methyl sites for hydroxylation is 1. The van der Waals surface area contributed by atoms with Crippen LogP contribution in [0.2, 0.25) is 0 Å². The van der Waals surface area contributed by atoms with Gasteiger partial charge >= 0.3 is 0 Å². The molecule has 0 bridgehead atoms. The van der Waals surface area contributed by atoms with Crippen LogP contribution in [0.3, 0.4) is 0 Å². The first kappa shape index (κ1) is 23.2. The summed E-state index contributed by atoms with van der Waals surface area (Å²) in [5.41, 5.74) is 2.39. The van der Waals surface area contributed by atoms with Crippen molar-refractivity contribution in [1.29, 1.82) is 0 Å². The minimum absolute atomic E-state index is 0. The maximum absolute atomic E-state index is 11.8. The van der Waals surface area contributed by atoms with Crippen LogP contribution in [0.4, 0.5) is 0 Å². The van der Waals surface area contributed by atoms with E-state index in [2.05, 4.69) is 53.7 Å². The van der Waals surface area contributed by atoms with E-state index in [0.717, 1.165) is 37.3 Å². The van der Waals surface area contributed by atoms with E-state index in [9.17, 15) is 8.42 Å². The summed E-state index contributed by atoms with van der Waals surface area (Å²) in [6.45, 7) is 7.35. The third-order valence-electron chi connectivity index (χ3n) is 4.22. The molecule has 0 aliphatic carbocycles. The van der Waals surface area contributed by atoms with Crippen LogP contribution in [0.25, 0.3) is 0 Å². The second kappa shape index (κ2) is 11.8. The molecule has 1 aliphatic rings. The second-order valence-electron chi connectivity index (χ2n) is 6.43. The van der Waals surface area contributed by atoms with E-state index >= 15 is 0 Å². The molecule has 0 saturated carbocycles. The van der Waals surface area contributed by atoms with Crippen LogP contribution in [-0.4, -0.2) is 50.6 Å². The molecule has 2 N–H and O–H groups in total. The molecule has 1 fully saturated rings. The maximum Gasteiger partial charge on any atom is 0.214 e. The van der Waals surface area contributed by atoms with Crippen LogP contribution in [0.15, 0.2) is 29.3 Å². The van der Waals surface area contributed by atoms with E-state index in [1.165, 1.54) is 5.56 Å². The minimum Gasteiger partial charge on any atom is -0.356 e. The minimum atomic E-state index is -3.03. The van der Waals surface area contributed by atoms with Crippen LogP contribution in [0, 0.1) is 6.92 Å². The summed E-state index contributed by atoms with van der Waals surface area (Å²) >= 11 is 0. The van der Waals surface area contributed by atoms with Gasteiger partial charge in [-0.2, -0.15) is 0 Å². The van der Waals surface area contributed by atoms with Crippen molar-refractivity contribution in [3.63, 3.8) is 0 Å². The summed E-state index contributed by atoms with van der Waals surface area (Å²) in [4.78, 5) is 4.62. The highest BCUT2D eigenvalue weighted by molar-refractivity contribution is 14.0. The Morgan fingerprint density at radius 3 is 2.50 bits per heavy atom. The van der Waals surface area contributed by atoms with Crippen molar-refractivity contribution in [1.82, 2.24) is 14.9 Å². The van der Waals surface area contributed by atoms with E-state index in [-0.39, 0.29) is 29.7 Å². The van der Waals surface area contributed by atoms with Gasteiger partial charge in [-0.3, -0.25) is 0 Å². The Morgan fingerprint density at radius 2 is 1.88 bits per heavy atom. The molecule has 0 radical (unpaired) electrons. The average molecular weight is 494 g/mol. The fourth-order valence-electron chi connectivity index (χ4n) is 2.66. The lowest BCUT2D eigenvalue weighted by molar-refractivity contribution is 0.445. The van der Waals surface area contributed by atoms with Crippen molar-refractivity contribution in [2.24, 2.45) is 4.99 Å². The molecule has 0 unspecified atom stereocenters. The van der Waals surface area contributed by atoms with E-state index in [0.29, 0.717) is 26.2 Å². The number of rotatable bonds is 8. The van der Waals surface area contributed by atoms with Crippen molar-refractivity contribution in [3.8, 4) is 0 Å². The Bertz CT molecular complexity index is 662. The molecule has 26 heavy (non-hydrogen) atoms. The highest BCUT2D eigenvalue weighted by Crippen LogP contribution is 2.11. The number of sulfonamides is 1. The molecule has 148 valence electrons. The SMILES string of the molecule is CCCCNC(=NCc1ccc(C)cc1)NCCN1CCCS1(=O)=O.I. The number of hydrogen-bond donors (Lipinski definition) is 2. The van der Waals surface area contributed by atoms with Gasteiger partial charge in [0.25, 0.3) is 0 Å². The molecular formula is C18H31IN4O2S. The summed E-state index contributed by atoms with van der Waals surface area (Å²) < 4.78 is 25.2. The third-order valence-corrected chi connectivity index (χ3v) is 6.18. The van der Waals surface area contributed by atoms with Gasteiger partial charge in [-0.25, -0.2) is 17.7 Å². The predicted octanol–water partition coefficient (Wildman–Crippen LogP) is 2.48. The second-order valence-corrected chi connectivity index (χ2v) is 8.51. The fraction of sp³-hybridized carbons (Fsp3) is 0.611. The largest absolute Gasteiger partial charge is 0.356 e. The van der Waals surface area contributed by atoms with E-state index in [1.54, 1.807) is 4.31 Å². The number of nitrogens with one attached hydrogen (secondary N) is 2. The van der Waals surface area contributed by atoms with Gasteiger partial charge in [0, 0.05) is 26.2 Å². The average Bonchev–Trinajstić information content (AvgIpc) is 2.92. The number of guanidine groups is 1. The summed E-state index contributed by atoms with van der Waals surface area (Å²) in [5.74, 6) is 1.02. The van der Waals surface area contributed by atoms with Crippen LogP contribution in [0.5, 0.6) is 0 Å². The van der Waals surface area contributed by atoms with Crippen molar-refractivity contribution < 1.29 is 8.42 Å². The highest BCUT2D eigenvalue weighted by Gasteiger charge is 2.27. The number of halogens is 1. The zero-order valence-electron chi connectivity index (χ0n) is 15.7. The summed E-state index contributed by atoms with van der Waals surface area (Å²) in [5, 5.41) is 6.58.